The highest BCUT2D eigenvalue weighted by Crippen LogP contribution is 2.31. The maximum Gasteiger partial charge on any atom is 0.319 e. The molecule has 2 aliphatic rings. The molecule has 9 nitrogen and oxygen atoms in total. The minimum atomic E-state index is -0.669. The van der Waals surface area contributed by atoms with E-state index in [2.05, 4.69) is 16.0 Å². The van der Waals surface area contributed by atoms with Crippen LogP contribution in [0.3, 0.4) is 0 Å². The van der Waals surface area contributed by atoms with Crippen LogP contribution in [0.4, 0.5) is 10.5 Å². The third-order valence-corrected chi connectivity index (χ3v) is 5.66. The van der Waals surface area contributed by atoms with Crippen molar-refractivity contribution in [3.8, 4) is 5.75 Å². The van der Waals surface area contributed by atoms with Gasteiger partial charge in [-0.05, 0) is 35.7 Å². The number of benzene rings is 2. The van der Waals surface area contributed by atoms with Crippen LogP contribution in [0.15, 0.2) is 36.4 Å². The van der Waals surface area contributed by atoms with Crippen LogP contribution in [-0.4, -0.2) is 39.8 Å². The number of carbonyl (C=O) groups excluding carboxylic acids is 4. The van der Waals surface area contributed by atoms with Crippen molar-refractivity contribution in [2.24, 2.45) is 0 Å². The molecule has 2 aromatic carbocycles. The number of halogens is 1. The highest BCUT2D eigenvalue weighted by Gasteiger charge is 2.39. The molecule has 1 unspecified atom stereocenters. The van der Waals surface area contributed by atoms with Crippen molar-refractivity contribution in [2.45, 2.75) is 32.0 Å². The number of piperidine rings is 1. The number of aromatic hydroxyl groups is 1. The predicted molar refractivity (Wildman–Crippen MR) is 111 cm³/mol. The Morgan fingerprint density at radius 3 is 2.81 bits per heavy atom. The van der Waals surface area contributed by atoms with Gasteiger partial charge in [-0.25, -0.2) is 4.79 Å². The number of phenolic OH excluding ortho intramolecular Hbond substituents is 1. The Hall–Kier alpha value is -3.59. The number of hydrogen-bond donors (Lipinski definition) is 4. The summed E-state index contributed by atoms with van der Waals surface area (Å²) in [4.78, 5) is 49.8. The van der Waals surface area contributed by atoms with E-state index >= 15 is 0 Å². The zero-order chi connectivity index (χ0) is 22.1. The van der Waals surface area contributed by atoms with Crippen molar-refractivity contribution in [3.05, 3.63) is 58.1 Å². The standard InChI is InChI=1S/C21H19ClN4O5/c22-18-14(2-1-3-16(18)27)24-21(31)23-9-11-4-5-13-12(8-11)10-26(20(13)30)15-6-7-17(28)25-19(15)29/h1-5,8,15,27H,6-7,9-10H2,(H2,23,24,31)(H,25,28,29). The summed E-state index contributed by atoms with van der Waals surface area (Å²) < 4.78 is 0. The van der Waals surface area contributed by atoms with Crippen molar-refractivity contribution in [3.63, 3.8) is 0 Å². The summed E-state index contributed by atoms with van der Waals surface area (Å²) >= 11 is 5.95. The van der Waals surface area contributed by atoms with E-state index in [0.717, 1.165) is 11.1 Å². The average molecular weight is 443 g/mol. The van der Waals surface area contributed by atoms with E-state index in [0.29, 0.717) is 12.0 Å². The molecule has 2 aromatic rings. The van der Waals surface area contributed by atoms with E-state index in [-0.39, 0.29) is 47.8 Å². The fourth-order valence-corrected chi connectivity index (χ4v) is 3.88. The van der Waals surface area contributed by atoms with E-state index in [1.807, 2.05) is 0 Å². The number of urea groups is 1. The predicted octanol–water partition coefficient (Wildman–Crippen LogP) is 2.13. The van der Waals surface area contributed by atoms with Gasteiger partial charge < -0.3 is 20.6 Å². The number of nitrogens with zero attached hydrogens (tertiary/aromatic N) is 1. The number of imide groups is 1. The summed E-state index contributed by atoms with van der Waals surface area (Å²) in [5.74, 6) is -1.17. The molecule has 1 fully saturated rings. The Kier molecular flexibility index (Phi) is 5.51. The highest BCUT2D eigenvalue weighted by molar-refractivity contribution is 6.35. The van der Waals surface area contributed by atoms with Crippen LogP contribution < -0.4 is 16.0 Å². The lowest BCUT2D eigenvalue weighted by atomic mass is 10.0. The van der Waals surface area contributed by atoms with Crippen LogP contribution in [0, 0.1) is 0 Å². The minimum absolute atomic E-state index is 0.0437. The molecule has 1 saturated heterocycles. The first-order valence-electron chi connectivity index (χ1n) is 9.62. The molecule has 0 aliphatic carbocycles. The molecular weight excluding hydrogens is 424 g/mol. The maximum atomic E-state index is 12.7. The number of fused-ring (bicyclic) bond motifs is 1. The Morgan fingerprint density at radius 1 is 1.23 bits per heavy atom. The maximum absolute atomic E-state index is 12.7. The normalized spacial score (nSPS) is 17.9. The number of nitrogens with one attached hydrogen (secondary N) is 3. The first-order valence-corrected chi connectivity index (χ1v) is 10.00. The molecule has 4 rings (SSSR count). The summed E-state index contributed by atoms with van der Waals surface area (Å²) in [6.07, 6.45) is 0.501. The van der Waals surface area contributed by atoms with Crippen LogP contribution in [0.5, 0.6) is 5.75 Å². The number of rotatable bonds is 4. The van der Waals surface area contributed by atoms with Crippen molar-refractivity contribution in [1.29, 1.82) is 0 Å². The summed E-state index contributed by atoms with van der Waals surface area (Å²) in [6, 6.07) is 8.56. The Labute approximate surface area is 182 Å². The highest BCUT2D eigenvalue weighted by atomic mass is 35.5. The average Bonchev–Trinajstić information content (AvgIpc) is 3.05. The van der Waals surface area contributed by atoms with Crippen LogP contribution >= 0.6 is 11.6 Å². The van der Waals surface area contributed by atoms with E-state index < -0.39 is 18.0 Å². The van der Waals surface area contributed by atoms with E-state index in [1.54, 1.807) is 30.3 Å². The molecule has 2 heterocycles. The Morgan fingerprint density at radius 2 is 2.03 bits per heavy atom. The summed E-state index contributed by atoms with van der Waals surface area (Å²) in [6.45, 7) is 0.460. The lowest BCUT2D eigenvalue weighted by Gasteiger charge is -2.29. The van der Waals surface area contributed by atoms with Crippen LogP contribution in [0.25, 0.3) is 0 Å². The molecule has 0 bridgehead atoms. The van der Waals surface area contributed by atoms with Gasteiger partial charge in [0.2, 0.25) is 11.8 Å². The second-order valence-corrected chi connectivity index (χ2v) is 7.72. The third-order valence-electron chi connectivity index (χ3n) is 5.27. The topological polar surface area (TPSA) is 128 Å². The summed E-state index contributed by atoms with van der Waals surface area (Å²) in [5.41, 5.74) is 2.31. The Bertz CT molecular complexity index is 1100. The molecule has 160 valence electrons. The molecule has 1 atom stereocenters. The monoisotopic (exact) mass is 442 g/mol. The van der Waals surface area contributed by atoms with Gasteiger partial charge in [-0.1, -0.05) is 29.8 Å². The molecular formula is C21H19ClN4O5. The van der Waals surface area contributed by atoms with Gasteiger partial charge in [0.25, 0.3) is 5.91 Å². The molecule has 10 heteroatoms. The number of phenols is 1. The van der Waals surface area contributed by atoms with E-state index in [4.69, 9.17) is 11.6 Å². The quantitative estimate of drug-likeness (QED) is 0.539. The Balaban J connectivity index is 1.39. The molecule has 0 saturated carbocycles. The van der Waals surface area contributed by atoms with Crippen LogP contribution in [0.2, 0.25) is 5.02 Å². The lowest BCUT2D eigenvalue weighted by molar-refractivity contribution is -0.136. The van der Waals surface area contributed by atoms with Crippen LogP contribution in [-0.2, 0) is 22.7 Å². The van der Waals surface area contributed by atoms with Gasteiger partial charge in [-0.3, -0.25) is 19.7 Å². The smallest absolute Gasteiger partial charge is 0.319 e. The first kappa shape index (κ1) is 20.7. The number of hydrogen-bond acceptors (Lipinski definition) is 5. The van der Waals surface area contributed by atoms with Crippen molar-refractivity contribution in [2.75, 3.05) is 5.32 Å². The van der Waals surface area contributed by atoms with Crippen molar-refractivity contribution < 1.29 is 24.3 Å². The fraction of sp³-hybridized carbons (Fsp3) is 0.238. The zero-order valence-corrected chi connectivity index (χ0v) is 17.0. The molecule has 0 radical (unpaired) electrons. The minimum Gasteiger partial charge on any atom is -0.506 e. The number of anilines is 1. The molecule has 31 heavy (non-hydrogen) atoms. The molecule has 0 aromatic heterocycles. The zero-order valence-electron chi connectivity index (χ0n) is 16.3. The molecule has 0 spiro atoms. The summed E-state index contributed by atoms with van der Waals surface area (Å²) in [7, 11) is 0. The van der Waals surface area contributed by atoms with Crippen molar-refractivity contribution >= 4 is 41.0 Å². The first-order chi connectivity index (χ1) is 14.8. The van der Waals surface area contributed by atoms with E-state index in [1.165, 1.54) is 11.0 Å². The second-order valence-electron chi connectivity index (χ2n) is 7.34. The second kappa shape index (κ2) is 8.27. The third kappa shape index (κ3) is 4.17. The molecule has 2 aliphatic heterocycles. The SMILES string of the molecule is O=C1CCC(N2Cc3cc(CNC(=O)Nc4cccc(O)c4Cl)ccc3C2=O)C(=O)N1. The van der Waals surface area contributed by atoms with Gasteiger partial charge in [0, 0.05) is 25.1 Å². The number of amides is 5. The van der Waals surface area contributed by atoms with Crippen LogP contribution in [0.1, 0.15) is 34.3 Å². The van der Waals surface area contributed by atoms with Crippen molar-refractivity contribution in [1.82, 2.24) is 15.5 Å². The van der Waals surface area contributed by atoms with Gasteiger partial charge in [0.05, 0.1) is 5.69 Å². The summed E-state index contributed by atoms with van der Waals surface area (Å²) in [5, 5.41) is 17.2. The van der Waals surface area contributed by atoms with Gasteiger partial charge >= 0.3 is 6.03 Å². The van der Waals surface area contributed by atoms with Gasteiger partial charge in [-0.2, -0.15) is 0 Å². The number of carbonyl (C=O) groups is 4. The van der Waals surface area contributed by atoms with Gasteiger partial charge in [0.1, 0.15) is 16.8 Å². The molecule has 5 amide bonds. The van der Waals surface area contributed by atoms with Gasteiger partial charge in [-0.15, -0.1) is 0 Å². The van der Waals surface area contributed by atoms with E-state index in [9.17, 15) is 24.3 Å². The fourth-order valence-electron chi connectivity index (χ4n) is 3.70. The van der Waals surface area contributed by atoms with Gasteiger partial charge in [0.15, 0.2) is 0 Å². The lowest BCUT2D eigenvalue weighted by Crippen LogP contribution is -2.52. The molecule has 4 N–H and O–H groups in total. The largest absolute Gasteiger partial charge is 0.506 e.